The summed E-state index contributed by atoms with van der Waals surface area (Å²) < 4.78 is 16.9. The average molecular weight is 411 g/mol. The Morgan fingerprint density at radius 3 is 2.03 bits per heavy atom. The molecular formula is C24H30N2O4. The van der Waals surface area contributed by atoms with E-state index >= 15 is 0 Å². The second kappa shape index (κ2) is 10.2. The van der Waals surface area contributed by atoms with E-state index in [2.05, 4.69) is 15.9 Å². The number of hydrogen-bond donors (Lipinski definition) is 0. The van der Waals surface area contributed by atoms with E-state index in [1.54, 1.807) is 7.11 Å². The fraction of sp³-hybridized carbons (Fsp3) is 0.458. The smallest absolute Gasteiger partial charge is 0.181 e. The number of ketones is 1. The minimum Gasteiger partial charge on any atom is -0.496 e. The Labute approximate surface area is 178 Å². The molecule has 2 atom stereocenters. The second-order valence-corrected chi connectivity index (χ2v) is 7.66. The van der Waals surface area contributed by atoms with Gasteiger partial charge in [0.25, 0.3) is 0 Å². The molecule has 2 saturated heterocycles. The number of carbonyl (C=O) groups is 1. The van der Waals surface area contributed by atoms with Crippen molar-refractivity contribution in [1.29, 1.82) is 0 Å². The fourth-order valence-corrected chi connectivity index (χ4v) is 4.47. The molecule has 0 radical (unpaired) electrons. The van der Waals surface area contributed by atoms with Gasteiger partial charge in [-0.2, -0.15) is 0 Å². The van der Waals surface area contributed by atoms with Crippen molar-refractivity contribution in [3.63, 3.8) is 0 Å². The van der Waals surface area contributed by atoms with Crippen LogP contribution in [0.2, 0.25) is 0 Å². The van der Waals surface area contributed by atoms with Crippen LogP contribution in [0.15, 0.2) is 54.6 Å². The van der Waals surface area contributed by atoms with Crippen molar-refractivity contribution >= 4 is 5.78 Å². The molecule has 2 aromatic rings. The first-order chi connectivity index (χ1) is 14.8. The fourth-order valence-electron chi connectivity index (χ4n) is 4.47. The lowest BCUT2D eigenvalue weighted by molar-refractivity contribution is -0.0305. The van der Waals surface area contributed by atoms with Crippen molar-refractivity contribution in [2.45, 2.75) is 12.1 Å². The van der Waals surface area contributed by atoms with Gasteiger partial charge in [0.05, 0.1) is 45.6 Å². The topological polar surface area (TPSA) is 51.2 Å². The van der Waals surface area contributed by atoms with Crippen LogP contribution in [0.4, 0.5) is 0 Å². The van der Waals surface area contributed by atoms with Gasteiger partial charge in [0, 0.05) is 37.3 Å². The molecule has 0 aliphatic carbocycles. The van der Waals surface area contributed by atoms with Crippen LogP contribution in [0.25, 0.3) is 0 Å². The van der Waals surface area contributed by atoms with Gasteiger partial charge in [-0.15, -0.1) is 0 Å². The Hall–Kier alpha value is -2.25. The van der Waals surface area contributed by atoms with Crippen molar-refractivity contribution in [2.75, 3.05) is 59.7 Å². The minimum atomic E-state index is -0.328. The lowest BCUT2D eigenvalue weighted by atomic mass is 9.89. The van der Waals surface area contributed by atoms with E-state index in [9.17, 15) is 4.79 Å². The molecule has 2 aromatic carbocycles. The summed E-state index contributed by atoms with van der Waals surface area (Å²) in [6, 6.07) is 17.2. The maximum absolute atomic E-state index is 13.9. The van der Waals surface area contributed by atoms with Gasteiger partial charge in [-0.1, -0.05) is 48.5 Å². The molecule has 2 aliphatic rings. The predicted molar refractivity (Wildman–Crippen MR) is 115 cm³/mol. The molecule has 6 nitrogen and oxygen atoms in total. The van der Waals surface area contributed by atoms with Crippen LogP contribution in [-0.2, 0) is 9.47 Å². The standard InChI is InChI=1S/C24H30N2O4/c1-28-21-10-6-5-9-20(21)22(25-11-15-29-16-12-25)23(26-13-17-30-18-14-26)24(27)19-7-3-2-4-8-19/h2-10,22-23H,11-18H2,1H3/t22-,23+/m0/s1. The number of hydrogen-bond acceptors (Lipinski definition) is 6. The van der Waals surface area contributed by atoms with E-state index in [1.165, 1.54) is 0 Å². The molecule has 2 aliphatic heterocycles. The monoisotopic (exact) mass is 410 g/mol. The number of Topliss-reactive ketones (excluding diaryl/α,β-unsaturated/α-hetero) is 1. The summed E-state index contributed by atoms with van der Waals surface area (Å²) in [5, 5.41) is 0. The molecule has 0 amide bonds. The summed E-state index contributed by atoms with van der Waals surface area (Å²) >= 11 is 0. The van der Waals surface area contributed by atoms with Crippen molar-refractivity contribution in [2.24, 2.45) is 0 Å². The predicted octanol–water partition coefficient (Wildman–Crippen LogP) is 2.65. The third-order valence-electron chi connectivity index (χ3n) is 5.96. The number of nitrogens with zero attached hydrogens (tertiary/aromatic N) is 2. The quantitative estimate of drug-likeness (QED) is 0.654. The van der Waals surface area contributed by atoms with Crippen molar-refractivity contribution in [3.05, 3.63) is 65.7 Å². The molecule has 0 unspecified atom stereocenters. The van der Waals surface area contributed by atoms with Gasteiger partial charge in [0.2, 0.25) is 0 Å². The molecule has 0 spiro atoms. The first kappa shape index (κ1) is 21.0. The van der Waals surface area contributed by atoms with Crippen LogP contribution < -0.4 is 4.74 Å². The lowest BCUT2D eigenvalue weighted by Gasteiger charge is -2.44. The van der Waals surface area contributed by atoms with E-state index < -0.39 is 0 Å². The third kappa shape index (κ3) is 4.57. The second-order valence-electron chi connectivity index (χ2n) is 7.66. The van der Waals surface area contributed by atoms with Crippen LogP contribution in [-0.4, -0.2) is 81.3 Å². The highest BCUT2D eigenvalue weighted by Gasteiger charge is 2.40. The summed E-state index contributed by atoms with van der Waals surface area (Å²) in [6.45, 7) is 5.65. The molecular weight excluding hydrogens is 380 g/mol. The van der Waals surface area contributed by atoms with Crippen LogP contribution in [0.3, 0.4) is 0 Å². The molecule has 2 fully saturated rings. The summed E-state index contributed by atoms with van der Waals surface area (Å²) in [7, 11) is 1.69. The van der Waals surface area contributed by atoms with Crippen LogP contribution in [0.1, 0.15) is 22.0 Å². The summed E-state index contributed by atoms with van der Waals surface area (Å²) in [5.74, 6) is 0.952. The molecule has 0 saturated carbocycles. The lowest BCUT2D eigenvalue weighted by Crippen LogP contribution is -2.55. The number of carbonyl (C=O) groups excluding carboxylic acids is 1. The Morgan fingerprint density at radius 1 is 0.833 bits per heavy atom. The minimum absolute atomic E-state index is 0.129. The van der Waals surface area contributed by atoms with E-state index in [0.717, 1.165) is 43.1 Å². The van der Waals surface area contributed by atoms with Crippen molar-refractivity contribution in [3.8, 4) is 5.75 Å². The number of para-hydroxylation sites is 1. The van der Waals surface area contributed by atoms with E-state index in [1.807, 2.05) is 48.5 Å². The molecule has 2 heterocycles. The van der Waals surface area contributed by atoms with Crippen LogP contribution in [0.5, 0.6) is 5.75 Å². The van der Waals surface area contributed by atoms with E-state index in [4.69, 9.17) is 14.2 Å². The molecule has 0 N–H and O–H groups in total. The molecule has 0 bridgehead atoms. The van der Waals surface area contributed by atoms with Crippen LogP contribution in [0, 0.1) is 0 Å². The zero-order valence-electron chi connectivity index (χ0n) is 17.5. The van der Waals surface area contributed by atoms with E-state index in [-0.39, 0.29) is 17.9 Å². The van der Waals surface area contributed by atoms with Gasteiger partial charge in [-0.3, -0.25) is 14.6 Å². The molecule has 160 valence electrons. The summed E-state index contributed by atoms with van der Waals surface area (Å²) in [5.41, 5.74) is 1.78. The van der Waals surface area contributed by atoms with Gasteiger partial charge < -0.3 is 14.2 Å². The summed E-state index contributed by atoms with van der Waals surface area (Å²) in [6.07, 6.45) is 0. The highest BCUT2D eigenvalue weighted by atomic mass is 16.5. The first-order valence-corrected chi connectivity index (χ1v) is 10.7. The van der Waals surface area contributed by atoms with Gasteiger partial charge in [0.15, 0.2) is 5.78 Å². The van der Waals surface area contributed by atoms with Crippen LogP contribution >= 0.6 is 0 Å². The summed E-state index contributed by atoms with van der Waals surface area (Å²) in [4.78, 5) is 18.6. The van der Waals surface area contributed by atoms with Gasteiger partial charge >= 0.3 is 0 Å². The Morgan fingerprint density at radius 2 is 1.40 bits per heavy atom. The van der Waals surface area contributed by atoms with Crippen molar-refractivity contribution in [1.82, 2.24) is 9.80 Å². The van der Waals surface area contributed by atoms with Gasteiger partial charge in [-0.05, 0) is 6.07 Å². The number of methoxy groups -OCH3 is 1. The molecule has 6 heteroatoms. The normalized spacial score (nSPS) is 20.4. The van der Waals surface area contributed by atoms with E-state index in [0.29, 0.717) is 26.4 Å². The number of benzene rings is 2. The zero-order valence-corrected chi connectivity index (χ0v) is 17.5. The largest absolute Gasteiger partial charge is 0.496 e. The highest BCUT2D eigenvalue weighted by Crippen LogP contribution is 2.36. The molecule has 4 rings (SSSR count). The molecule has 0 aromatic heterocycles. The maximum atomic E-state index is 13.9. The SMILES string of the molecule is COc1ccccc1[C@@H]([C@H](C(=O)c1ccccc1)N1CCOCC1)N1CCOCC1. The Kier molecular flexibility index (Phi) is 7.12. The van der Waals surface area contributed by atoms with Gasteiger partial charge in [-0.25, -0.2) is 0 Å². The number of morpholine rings is 2. The van der Waals surface area contributed by atoms with Gasteiger partial charge in [0.1, 0.15) is 5.75 Å². The number of rotatable bonds is 7. The highest BCUT2D eigenvalue weighted by molar-refractivity contribution is 6.00. The molecule has 30 heavy (non-hydrogen) atoms. The third-order valence-corrected chi connectivity index (χ3v) is 5.96. The average Bonchev–Trinajstić information content (AvgIpc) is 2.84. The number of ether oxygens (including phenoxy) is 3. The zero-order chi connectivity index (χ0) is 20.8. The first-order valence-electron chi connectivity index (χ1n) is 10.7. The Bertz CT molecular complexity index is 817. The Balaban J connectivity index is 1.80. The maximum Gasteiger partial charge on any atom is 0.181 e. The van der Waals surface area contributed by atoms with Crippen molar-refractivity contribution < 1.29 is 19.0 Å².